The lowest BCUT2D eigenvalue weighted by molar-refractivity contribution is -0.384. The molecule has 0 aliphatic carbocycles. The van der Waals surface area contributed by atoms with Gasteiger partial charge in [-0.05, 0) is 61.0 Å². The molecular formula is C23H20N4O5. The van der Waals surface area contributed by atoms with Crippen LogP contribution in [0.2, 0.25) is 0 Å². The number of carbonyl (C=O) groups excluding carboxylic acids is 1. The highest BCUT2D eigenvalue weighted by Gasteiger charge is 2.18. The Labute approximate surface area is 183 Å². The SMILES string of the molecule is COc1ccc(N=N/C(C(=O)Nc2cccc(C)c2)=C(/O)c2ccc([N+](=O)[O-])cc2)cc1. The number of non-ortho nitro benzene ring substituents is 1. The topological polar surface area (TPSA) is 126 Å². The molecule has 0 aliphatic rings. The van der Waals surface area contributed by atoms with Gasteiger partial charge in [0.15, 0.2) is 11.5 Å². The van der Waals surface area contributed by atoms with Crippen LogP contribution >= 0.6 is 0 Å². The van der Waals surface area contributed by atoms with Crippen molar-refractivity contribution < 1.29 is 19.6 Å². The molecule has 0 atom stereocenters. The van der Waals surface area contributed by atoms with E-state index in [4.69, 9.17) is 4.74 Å². The van der Waals surface area contributed by atoms with Gasteiger partial charge in [-0.2, -0.15) is 5.11 Å². The first-order valence-electron chi connectivity index (χ1n) is 9.49. The summed E-state index contributed by atoms with van der Waals surface area (Å²) >= 11 is 0. The van der Waals surface area contributed by atoms with Gasteiger partial charge in [0, 0.05) is 23.4 Å². The first kappa shape index (κ1) is 22.2. The summed E-state index contributed by atoms with van der Waals surface area (Å²) in [6, 6.07) is 18.9. The highest BCUT2D eigenvalue weighted by Crippen LogP contribution is 2.24. The van der Waals surface area contributed by atoms with E-state index in [2.05, 4.69) is 15.5 Å². The number of aliphatic hydroxyl groups excluding tert-OH is 1. The molecule has 9 nitrogen and oxygen atoms in total. The van der Waals surface area contributed by atoms with Crippen molar-refractivity contribution in [3.8, 4) is 5.75 Å². The van der Waals surface area contributed by atoms with Gasteiger partial charge in [-0.3, -0.25) is 14.9 Å². The van der Waals surface area contributed by atoms with Crippen molar-refractivity contribution in [2.24, 2.45) is 10.2 Å². The molecule has 0 spiro atoms. The Morgan fingerprint density at radius 2 is 1.75 bits per heavy atom. The molecule has 162 valence electrons. The molecule has 0 aromatic heterocycles. The van der Waals surface area contributed by atoms with Crippen LogP contribution in [-0.2, 0) is 4.79 Å². The number of nitrogens with zero attached hydrogens (tertiary/aromatic N) is 3. The van der Waals surface area contributed by atoms with Crippen molar-refractivity contribution in [1.82, 2.24) is 0 Å². The third kappa shape index (κ3) is 5.54. The van der Waals surface area contributed by atoms with Crippen LogP contribution in [0.25, 0.3) is 5.76 Å². The van der Waals surface area contributed by atoms with E-state index in [0.29, 0.717) is 17.1 Å². The number of nitrogens with one attached hydrogen (secondary N) is 1. The zero-order valence-electron chi connectivity index (χ0n) is 17.4. The molecule has 0 bridgehead atoms. The highest BCUT2D eigenvalue weighted by molar-refractivity contribution is 6.07. The number of nitro groups is 1. The van der Waals surface area contributed by atoms with Crippen LogP contribution < -0.4 is 10.1 Å². The Morgan fingerprint density at radius 1 is 1.06 bits per heavy atom. The lowest BCUT2D eigenvalue weighted by atomic mass is 10.1. The molecule has 3 aromatic rings. The van der Waals surface area contributed by atoms with Crippen LogP contribution in [0.4, 0.5) is 17.1 Å². The molecule has 2 N–H and O–H groups in total. The fourth-order valence-corrected chi connectivity index (χ4v) is 2.75. The fraction of sp³-hybridized carbons (Fsp3) is 0.0870. The molecule has 0 saturated carbocycles. The van der Waals surface area contributed by atoms with E-state index in [-0.39, 0.29) is 16.9 Å². The summed E-state index contributed by atoms with van der Waals surface area (Å²) in [6.07, 6.45) is 0. The van der Waals surface area contributed by atoms with Crippen LogP contribution in [0.5, 0.6) is 5.75 Å². The van der Waals surface area contributed by atoms with Crippen molar-refractivity contribution in [2.45, 2.75) is 6.92 Å². The zero-order chi connectivity index (χ0) is 23.1. The molecule has 0 heterocycles. The minimum absolute atomic E-state index is 0.146. The van der Waals surface area contributed by atoms with Crippen molar-refractivity contribution >= 4 is 28.7 Å². The summed E-state index contributed by atoms with van der Waals surface area (Å²) in [7, 11) is 1.54. The maximum atomic E-state index is 12.9. The van der Waals surface area contributed by atoms with Crippen molar-refractivity contribution in [3.63, 3.8) is 0 Å². The quantitative estimate of drug-likeness (QED) is 0.166. The normalized spacial score (nSPS) is 11.7. The van der Waals surface area contributed by atoms with Crippen LogP contribution in [0.1, 0.15) is 11.1 Å². The summed E-state index contributed by atoms with van der Waals surface area (Å²) in [4.78, 5) is 23.3. The first-order valence-corrected chi connectivity index (χ1v) is 9.49. The van der Waals surface area contributed by atoms with E-state index in [1.807, 2.05) is 13.0 Å². The zero-order valence-corrected chi connectivity index (χ0v) is 17.4. The van der Waals surface area contributed by atoms with Gasteiger partial charge in [0.25, 0.3) is 11.6 Å². The predicted octanol–water partition coefficient (Wildman–Crippen LogP) is 5.56. The number of ether oxygens (including phenoxy) is 1. The van der Waals surface area contributed by atoms with Crippen molar-refractivity contribution in [3.05, 3.63) is 99.7 Å². The second-order valence-electron chi connectivity index (χ2n) is 6.72. The summed E-state index contributed by atoms with van der Waals surface area (Å²) < 4.78 is 5.10. The van der Waals surface area contributed by atoms with Crippen LogP contribution in [0.3, 0.4) is 0 Å². The Kier molecular flexibility index (Phi) is 6.92. The van der Waals surface area contributed by atoms with E-state index in [0.717, 1.165) is 5.56 Å². The number of anilines is 1. The number of aliphatic hydroxyl groups is 1. The van der Waals surface area contributed by atoms with Crippen molar-refractivity contribution in [2.75, 3.05) is 12.4 Å². The average Bonchev–Trinajstić information content (AvgIpc) is 2.79. The van der Waals surface area contributed by atoms with Gasteiger partial charge in [-0.15, -0.1) is 5.11 Å². The lowest BCUT2D eigenvalue weighted by Gasteiger charge is -2.08. The number of hydrogen-bond donors (Lipinski definition) is 2. The van der Waals surface area contributed by atoms with E-state index < -0.39 is 16.6 Å². The number of carbonyl (C=O) groups is 1. The molecule has 32 heavy (non-hydrogen) atoms. The van der Waals surface area contributed by atoms with Gasteiger partial charge < -0.3 is 15.2 Å². The lowest BCUT2D eigenvalue weighted by Crippen LogP contribution is -2.15. The predicted molar refractivity (Wildman–Crippen MR) is 120 cm³/mol. The molecule has 9 heteroatoms. The molecule has 0 radical (unpaired) electrons. The largest absolute Gasteiger partial charge is 0.505 e. The van der Waals surface area contributed by atoms with E-state index in [1.165, 1.54) is 31.4 Å². The summed E-state index contributed by atoms with van der Waals surface area (Å²) in [5, 5.41) is 32.3. The minimum atomic E-state index is -0.691. The maximum Gasteiger partial charge on any atom is 0.280 e. The third-order valence-corrected chi connectivity index (χ3v) is 4.40. The van der Waals surface area contributed by atoms with Gasteiger partial charge in [0.2, 0.25) is 0 Å². The molecule has 0 unspecified atom stereocenters. The smallest absolute Gasteiger partial charge is 0.280 e. The number of benzene rings is 3. The Hall–Kier alpha value is -4.53. The summed E-state index contributed by atoms with van der Waals surface area (Å²) in [5.74, 6) is -0.531. The van der Waals surface area contributed by atoms with Gasteiger partial charge in [-0.1, -0.05) is 12.1 Å². The Balaban J connectivity index is 1.98. The number of amides is 1. The monoisotopic (exact) mass is 432 g/mol. The van der Waals surface area contributed by atoms with Crippen molar-refractivity contribution in [1.29, 1.82) is 0 Å². The van der Waals surface area contributed by atoms with E-state index >= 15 is 0 Å². The molecule has 0 saturated heterocycles. The highest BCUT2D eigenvalue weighted by atomic mass is 16.6. The maximum absolute atomic E-state index is 12.9. The summed E-state index contributed by atoms with van der Waals surface area (Å²) in [6.45, 7) is 1.88. The Morgan fingerprint density at radius 3 is 2.34 bits per heavy atom. The van der Waals surface area contributed by atoms with Gasteiger partial charge in [0.05, 0.1) is 17.7 Å². The summed E-state index contributed by atoms with van der Waals surface area (Å²) in [5.41, 5.74) is 1.57. The first-order chi connectivity index (χ1) is 15.4. The molecule has 3 rings (SSSR count). The van der Waals surface area contributed by atoms with E-state index in [9.17, 15) is 20.0 Å². The van der Waals surface area contributed by atoms with Crippen LogP contribution in [0.15, 0.2) is 88.7 Å². The fourth-order valence-electron chi connectivity index (χ4n) is 2.75. The molecule has 0 aliphatic heterocycles. The van der Waals surface area contributed by atoms with Gasteiger partial charge in [-0.25, -0.2) is 0 Å². The molecule has 0 fully saturated rings. The number of nitro benzene ring substituents is 1. The molecule has 3 aromatic carbocycles. The molecule has 1 amide bonds. The van der Waals surface area contributed by atoms with E-state index in [1.54, 1.807) is 42.5 Å². The number of methoxy groups -OCH3 is 1. The number of aryl methyl sites for hydroxylation is 1. The minimum Gasteiger partial charge on any atom is -0.505 e. The number of azo groups is 1. The number of rotatable bonds is 7. The second kappa shape index (κ2) is 9.98. The van der Waals surface area contributed by atoms with Gasteiger partial charge in [0.1, 0.15) is 5.75 Å². The van der Waals surface area contributed by atoms with Gasteiger partial charge >= 0.3 is 0 Å². The van der Waals surface area contributed by atoms with Crippen LogP contribution in [0, 0.1) is 17.0 Å². The molecular weight excluding hydrogens is 412 g/mol. The Bertz CT molecular complexity index is 1190. The third-order valence-electron chi connectivity index (χ3n) is 4.40. The average molecular weight is 432 g/mol. The van der Waals surface area contributed by atoms with Crippen LogP contribution in [-0.4, -0.2) is 23.0 Å². The second-order valence-corrected chi connectivity index (χ2v) is 6.72. The number of hydrogen-bond acceptors (Lipinski definition) is 7. The standard InChI is InChI=1S/C23H20N4O5/c1-15-4-3-5-18(14-15)24-23(29)21(26-25-17-8-12-20(32-2)13-9-17)22(28)16-6-10-19(11-7-16)27(30)31/h3-14,28H,1-2H3,(H,24,29)/b22-21+,26-25?.